The van der Waals surface area contributed by atoms with Crippen LogP contribution in [0.2, 0.25) is 0 Å². The molecule has 2 atom stereocenters. The number of benzene rings is 2. The van der Waals surface area contributed by atoms with Gasteiger partial charge in [-0.2, -0.15) is 0 Å². The normalized spacial score (nSPS) is 23.3. The van der Waals surface area contributed by atoms with Crippen LogP contribution in [-0.4, -0.2) is 63.5 Å². The summed E-state index contributed by atoms with van der Waals surface area (Å²) < 4.78 is 0. The summed E-state index contributed by atoms with van der Waals surface area (Å²) in [4.78, 5) is 32.2. The first kappa shape index (κ1) is 31.3. The van der Waals surface area contributed by atoms with Gasteiger partial charge in [0.1, 0.15) is 11.6 Å². The molecule has 2 aromatic carbocycles. The molecule has 1 aliphatic carbocycles. The highest BCUT2D eigenvalue weighted by atomic mass is 35.5. The van der Waals surface area contributed by atoms with Gasteiger partial charge in [0.2, 0.25) is 11.8 Å². The highest BCUT2D eigenvalue weighted by Gasteiger charge is 2.54. The molecule has 1 saturated carbocycles. The summed E-state index contributed by atoms with van der Waals surface area (Å²) in [5.74, 6) is -0.0487. The summed E-state index contributed by atoms with van der Waals surface area (Å²) in [6.07, 6.45) is 12.3. The molecule has 41 heavy (non-hydrogen) atoms. The third-order valence-corrected chi connectivity index (χ3v) is 9.34. The van der Waals surface area contributed by atoms with E-state index in [4.69, 9.17) is 0 Å². The van der Waals surface area contributed by atoms with Crippen LogP contribution in [0.1, 0.15) is 88.3 Å². The first-order valence-corrected chi connectivity index (χ1v) is 15.3. The van der Waals surface area contributed by atoms with E-state index in [2.05, 4.69) is 65.7 Å². The molecule has 5 rings (SSSR count). The zero-order chi connectivity index (χ0) is 28.0. The van der Waals surface area contributed by atoms with Crippen LogP contribution in [0.4, 0.5) is 0 Å². The Balaban J connectivity index is 0.00000387. The predicted molar refractivity (Wildman–Crippen MR) is 167 cm³/mol. The van der Waals surface area contributed by atoms with Gasteiger partial charge in [-0.3, -0.25) is 14.5 Å². The maximum atomic E-state index is 13.9. The molecule has 2 aliphatic heterocycles. The molecule has 3 fully saturated rings. The average Bonchev–Trinajstić information content (AvgIpc) is 2.98. The lowest BCUT2D eigenvalue weighted by atomic mass is 9.77. The number of likely N-dealkylation sites (tertiary alicyclic amines) is 1. The van der Waals surface area contributed by atoms with Gasteiger partial charge in [0, 0.05) is 26.1 Å². The van der Waals surface area contributed by atoms with Crippen molar-refractivity contribution >= 4 is 30.3 Å². The largest absolute Gasteiger partial charge is 0.390 e. The van der Waals surface area contributed by atoms with E-state index in [9.17, 15) is 14.7 Å². The molecule has 0 aromatic heterocycles. The Kier molecular flexibility index (Phi) is 10.7. The Morgan fingerprint density at radius 3 is 2.22 bits per heavy atom. The van der Waals surface area contributed by atoms with Gasteiger partial charge in [0.25, 0.3) is 0 Å². The number of aliphatic hydroxyl groups is 1. The monoisotopic (exact) mass is 579 g/mol. The zero-order valence-corrected chi connectivity index (χ0v) is 25.2. The van der Waals surface area contributed by atoms with Crippen LogP contribution < -0.4 is 5.32 Å². The number of piperazine rings is 1. The van der Waals surface area contributed by atoms with E-state index in [0.29, 0.717) is 38.6 Å². The highest BCUT2D eigenvalue weighted by molar-refractivity contribution is 6.00. The van der Waals surface area contributed by atoms with E-state index in [1.807, 2.05) is 29.2 Å². The van der Waals surface area contributed by atoms with Crippen LogP contribution in [0.5, 0.6) is 0 Å². The third kappa shape index (κ3) is 7.04. The first-order valence-electron chi connectivity index (χ1n) is 15.3. The van der Waals surface area contributed by atoms with Gasteiger partial charge in [-0.1, -0.05) is 105 Å². The molecule has 2 saturated heterocycles. The number of carbonyl (C=O) groups is 2. The zero-order valence-electron chi connectivity index (χ0n) is 24.3. The number of piperidine rings is 1. The van der Waals surface area contributed by atoms with Crippen molar-refractivity contribution in [1.82, 2.24) is 15.1 Å². The highest BCUT2D eigenvalue weighted by Crippen LogP contribution is 2.39. The minimum absolute atomic E-state index is 0. The van der Waals surface area contributed by atoms with Gasteiger partial charge < -0.3 is 15.3 Å². The van der Waals surface area contributed by atoms with Crippen LogP contribution in [-0.2, 0) is 9.59 Å². The van der Waals surface area contributed by atoms with Gasteiger partial charge in [-0.05, 0) is 43.2 Å². The molecule has 2 heterocycles. The Morgan fingerprint density at radius 1 is 0.951 bits per heavy atom. The molecule has 0 bridgehead atoms. The van der Waals surface area contributed by atoms with Crippen LogP contribution in [0.25, 0.3) is 6.08 Å². The quantitative estimate of drug-likeness (QED) is 0.387. The maximum absolute atomic E-state index is 13.9. The van der Waals surface area contributed by atoms with Gasteiger partial charge in [-0.25, -0.2) is 0 Å². The smallest absolute Gasteiger partial charge is 0.246 e. The number of carbonyl (C=O) groups excluding carboxylic acids is 2. The van der Waals surface area contributed by atoms with Crippen molar-refractivity contribution in [1.29, 1.82) is 0 Å². The molecular formula is C34H46ClN3O3. The van der Waals surface area contributed by atoms with Crippen LogP contribution in [0.3, 0.4) is 0 Å². The number of nitrogens with one attached hydrogen (secondary N) is 1. The van der Waals surface area contributed by atoms with Gasteiger partial charge in [-0.15, -0.1) is 12.4 Å². The van der Waals surface area contributed by atoms with Crippen molar-refractivity contribution in [3.8, 4) is 0 Å². The van der Waals surface area contributed by atoms with Crippen molar-refractivity contribution in [2.24, 2.45) is 0 Å². The molecule has 6 nitrogen and oxygen atoms in total. The fourth-order valence-corrected chi connectivity index (χ4v) is 6.98. The summed E-state index contributed by atoms with van der Waals surface area (Å²) in [7, 11) is 0. The summed E-state index contributed by atoms with van der Waals surface area (Å²) in [5, 5.41) is 14.3. The number of hydrogen-bond donors (Lipinski definition) is 2. The van der Waals surface area contributed by atoms with Gasteiger partial charge in [0.05, 0.1) is 11.6 Å². The summed E-state index contributed by atoms with van der Waals surface area (Å²) >= 11 is 0. The van der Waals surface area contributed by atoms with Gasteiger partial charge >= 0.3 is 0 Å². The Bertz CT molecular complexity index is 1160. The van der Waals surface area contributed by atoms with E-state index < -0.39 is 17.2 Å². The average molecular weight is 580 g/mol. The second-order valence-corrected chi connectivity index (χ2v) is 12.1. The van der Waals surface area contributed by atoms with Crippen LogP contribution >= 0.6 is 12.4 Å². The number of rotatable bonds is 9. The van der Waals surface area contributed by atoms with Crippen molar-refractivity contribution in [2.75, 3.05) is 19.6 Å². The Morgan fingerprint density at radius 2 is 1.59 bits per heavy atom. The van der Waals surface area contributed by atoms with Crippen molar-refractivity contribution in [2.45, 2.75) is 94.4 Å². The molecule has 7 heteroatoms. The summed E-state index contributed by atoms with van der Waals surface area (Å²) in [5.41, 5.74) is 0.701. The SMILES string of the molecule is CCCCN1C(=O)[C@@H](CC2(O)CCCCC2)NC(=O)C12CCN(C(C=Cc1ccccc1)c1ccccc1)CC2.Cl. The lowest BCUT2D eigenvalue weighted by molar-refractivity contribution is -0.163. The fraction of sp³-hybridized carbons (Fsp3) is 0.529. The second-order valence-electron chi connectivity index (χ2n) is 12.1. The Hall–Kier alpha value is -2.67. The van der Waals surface area contributed by atoms with Crippen LogP contribution in [0.15, 0.2) is 66.7 Å². The van der Waals surface area contributed by atoms with E-state index in [1.54, 1.807) is 0 Å². The molecule has 2 N–H and O–H groups in total. The fourth-order valence-electron chi connectivity index (χ4n) is 6.98. The maximum Gasteiger partial charge on any atom is 0.246 e. The van der Waals surface area contributed by atoms with Crippen LogP contribution in [0, 0.1) is 0 Å². The molecular weight excluding hydrogens is 534 g/mol. The topological polar surface area (TPSA) is 72.9 Å². The predicted octanol–water partition coefficient (Wildman–Crippen LogP) is 5.91. The number of halogens is 1. The number of amides is 2. The lowest BCUT2D eigenvalue weighted by Crippen LogP contribution is -2.73. The summed E-state index contributed by atoms with van der Waals surface area (Å²) in [6, 6.07) is 20.3. The van der Waals surface area contributed by atoms with Crippen molar-refractivity contribution < 1.29 is 14.7 Å². The minimum atomic E-state index is -0.857. The Labute approximate surface area is 251 Å². The minimum Gasteiger partial charge on any atom is -0.390 e. The number of hydrogen-bond acceptors (Lipinski definition) is 4. The number of unbranched alkanes of at least 4 members (excludes halogenated alkanes) is 1. The summed E-state index contributed by atoms with van der Waals surface area (Å²) in [6.45, 7) is 4.15. The molecule has 222 valence electrons. The van der Waals surface area contributed by atoms with Crippen molar-refractivity contribution in [3.63, 3.8) is 0 Å². The van der Waals surface area contributed by atoms with E-state index in [1.165, 1.54) is 5.56 Å². The standard InChI is InChI=1S/C34H45N3O3.ClH/c1-2-3-23-37-31(38)29(26-33(40)19-11-6-12-20-33)35-32(39)34(37)21-24-36(25-22-34)30(28-15-9-5-10-16-28)18-17-27-13-7-4-8-14-27;/h4-5,7-10,13-18,29-30,40H,2-3,6,11-12,19-26H2,1H3,(H,35,39);1H/t29-,30?;/m1./s1. The second kappa shape index (κ2) is 14.0. The van der Waals surface area contributed by atoms with Gasteiger partial charge in [0.15, 0.2) is 0 Å². The molecule has 1 spiro atoms. The van der Waals surface area contributed by atoms with Crippen molar-refractivity contribution in [3.05, 3.63) is 77.9 Å². The molecule has 1 unspecified atom stereocenters. The molecule has 2 aromatic rings. The first-order chi connectivity index (χ1) is 19.4. The van der Waals surface area contributed by atoms with E-state index in [-0.39, 0.29) is 30.3 Å². The number of nitrogens with zero attached hydrogens (tertiary/aromatic N) is 2. The van der Waals surface area contributed by atoms with E-state index in [0.717, 1.165) is 50.8 Å². The van der Waals surface area contributed by atoms with E-state index >= 15 is 0 Å². The third-order valence-electron chi connectivity index (χ3n) is 9.34. The molecule has 3 aliphatic rings. The molecule has 0 radical (unpaired) electrons. The molecule has 2 amide bonds. The lowest BCUT2D eigenvalue weighted by Gasteiger charge is -2.53.